The number of aromatic carboxylic acids is 1. The van der Waals surface area contributed by atoms with Gasteiger partial charge < -0.3 is 15.3 Å². The Morgan fingerprint density at radius 2 is 1.65 bits per heavy atom. The standard InChI is InChI=1S/C18H24N2O3/c21-16(22)15-5-3-14(4-6-15)13-19-17(23)20-11-9-18(10-12-20)7-1-2-8-18/h3-6H,1-2,7-13H2,(H,19,23)(H,21,22). The van der Waals surface area contributed by atoms with Crippen molar-refractivity contribution in [2.75, 3.05) is 13.1 Å². The molecule has 0 atom stereocenters. The molecule has 2 fully saturated rings. The van der Waals surface area contributed by atoms with Crippen LogP contribution in [0.2, 0.25) is 0 Å². The normalized spacial score (nSPS) is 19.7. The van der Waals surface area contributed by atoms with Crippen molar-refractivity contribution < 1.29 is 14.7 Å². The van der Waals surface area contributed by atoms with Crippen LogP contribution in [0.4, 0.5) is 4.79 Å². The molecule has 0 bridgehead atoms. The molecule has 2 aliphatic rings. The van der Waals surface area contributed by atoms with Gasteiger partial charge in [0.1, 0.15) is 0 Å². The second-order valence-electron chi connectivity index (χ2n) is 6.85. The molecule has 1 aromatic carbocycles. The van der Waals surface area contributed by atoms with Crippen LogP contribution in [0.15, 0.2) is 24.3 Å². The van der Waals surface area contributed by atoms with E-state index >= 15 is 0 Å². The van der Waals surface area contributed by atoms with E-state index < -0.39 is 5.97 Å². The molecule has 1 saturated carbocycles. The monoisotopic (exact) mass is 316 g/mol. The first-order valence-electron chi connectivity index (χ1n) is 8.43. The fourth-order valence-corrected chi connectivity index (χ4v) is 3.86. The summed E-state index contributed by atoms with van der Waals surface area (Å²) in [5.41, 5.74) is 1.69. The third kappa shape index (κ3) is 3.66. The number of carbonyl (C=O) groups excluding carboxylic acids is 1. The average Bonchev–Trinajstić information content (AvgIpc) is 3.02. The van der Waals surface area contributed by atoms with Gasteiger partial charge in [-0.1, -0.05) is 25.0 Å². The molecule has 1 heterocycles. The minimum Gasteiger partial charge on any atom is -0.478 e. The fourth-order valence-electron chi connectivity index (χ4n) is 3.86. The van der Waals surface area contributed by atoms with Crippen LogP contribution in [0.1, 0.15) is 54.4 Å². The Kier molecular flexibility index (Phi) is 4.55. The van der Waals surface area contributed by atoms with Crippen LogP contribution in [0.3, 0.4) is 0 Å². The second kappa shape index (κ2) is 6.60. The van der Waals surface area contributed by atoms with Gasteiger partial charge in [0, 0.05) is 19.6 Å². The number of nitrogens with zero attached hydrogens (tertiary/aromatic N) is 1. The van der Waals surface area contributed by atoms with Crippen molar-refractivity contribution in [1.29, 1.82) is 0 Å². The molecule has 1 aromatic rings. The molecule has 3 rings (SSSR count). The topological polar surface area (TPSA) is 69.6 Å². The zero-order valence-corrected chi connectivity index (χ0v) is 13.4. The number of carboxylic acids is 1. The van der Waals surface area contributed by atoms with Gasteiger partial charge in [-0.3, -0.25) is 0 Å². The first kappa shape index (κ1) is 15.8. The van der Waals surface area contributed by atoms with Crippen LogP contribution in [0.5, 0.6) is 0 Å². The number of benzene rings is 1. The Labute approximate surface area is 136 Å². The minimum atomic E-state index is -0.935. The van der Waals surface area contributed by atoms with Crippen LogP contribution in [-0.4, -0.2) is 35.1 Å². The molecule has 1 aliphatic carbocycles. The SMILES string of the molecule is O=C(O)c1ccc(CNC(=O)N2CCC3(CCCC3)CC2)cc1. The highest BCUT2D eigenvalue weighted by molar-refractivity contribution is 5.87. The van der Waals surface area contributed by atoms with Crippen molar-refractivity contribution in [1.82, 2.24) is 10.2 Å². The summed E-state index contributed by atoms with van der Waals surface area (Å²) < 4.78 is 0. The maximum Gasteiger partial charge on any atom is 0.335 e. The number of nitrogens with one attached hydrogen (secondary N) is 1. The summed E-state index contributed by atoms with van der Waals surface area (Å²) in [4.78, 5) is 25.0. The van der Waals surface area contributed by atoms with Crippen molar-refractivity contribution in [2.24, 2.45) is 5.41 Å². The van der Waals surface area contributed by atoms with Gasteiger partial charge in [0.15, 0.2) is 0 Å². The van der Waals surface area contributed by atoms with Crippen LogP contribution >= 0.6 is 0 Å². The number of amides is 2. The van der Waals surface area contributed by atoms with Gasteiger partial charge in [-0.25, -0.2) is 9.59 Å². The van der Waals surface area contributed by atoms with Gasteiger partial charge in [0.25, 0.3) is 0 Å². The highest BCUT2D eigenvalue weighted by Crippen LogP contribution is 2.46. The highest BCUT2D eigenvalue weighted by atomic mass is 16.4. The van der Waals surface area contributed by atoms with Crippen LogP contribution in [0, 0.1) is 5.41 Å². The van der Waals surface area contributed by atoms with Gasteiger partial charge in [-0.15, -0.1) is 0 Å². The van der Waals surface area contributed by atoms with E-state index in [2.05, 4.69) is 5.32 Å². The number of rotatable bonds is 3. The molecular weight excluding hydrogens is 292 g/mol. The summed E-state index contributed by atoms with van der Waals surface area (Å²) >= 11 is 0. The van der Waals surface area contributed by atoms with Gasteiger partial charge in [0.2, 0.25) is 0 Å². The number of likely N-dealkylation sites (tertiary alicyclic amines) is 1. The van der Waals surface area contributed by atoms with Crippen molar-refractivity contribution in [3.63, 3.8) is 0 Å². The number of carbonyl (C=O) groups is 2. The van der Waals surface area contributed by atoms with E-state index in [0.29, 0.717) is 12.0 Å². The third-order valence-corrected chi connectivity index (χ3v) is 5.42. The molecule has 2 amide bonds. The van der Waals surface area contributed by atoms with Gasteiger partial charge >= 0.3 is 12.0 Å². The van der Waals surface area contributed by atoms with Crippen molar-refractivity contribution in [3.05, 3.63) is 35.4 Å². The van der Waals surface area contributed by atoms with Crippen LogP contribution in [-0.2, 0) is 6.54 Å². The molecule has 1 aliphatic heterocycles. The number of urea groups is 1. The Morgan fingerprint density at radius 3 is 2.22 bits per heavy atom. The number of carboxylic acid groups (broad SMARTS) is 1. The fraction of sp³-hybridized carbons (Fsp3) is 0.556. The lowest BCUT2D eigenvalue weighted by atomic mass is 9.77. The van der Waals surface area contributed by atoms with Crippen molar-refractivity contribution in [3.8, 4) is 0 Å². The lowest BCUT2D eigenvalue weighted by Crippen LogP contribution is -2.46. The van der Waals surface area contributed by atoms with Crippen molar-refractivity contribution >= 4 is 12.0 Å². The molecule has 1 spiro atoms. The summed E-state index contributed by atoms with van der Waals surface area (Å²) in [5.74, 6) is -0.935. The zero-order chi connectivity index (χ0) is 16.3. The molecule has 124 valence electrons. The molecule has 2 N–H and O–H groups in total. The van der Waals surface area contributed by atoms with E-state index in [1.54, 1.807) is 24.3 Å². The maximum atomic E-state index is 12.3. The summed E-state index contributed by atoms with van der Waals surface area (Å²) in [5, 5.41) is 11.8. The average molecular weight is 316 g/mol. The van der Waals surface area contributed by atoms with E-state index in [0.717, 1.165) is 31.5 Å². The predicted octanol–water partition coefficient (Wildman–Crippen LogP) is 3.25. The van der Waals surface area contributed by atoms with Crippen molar-refractivity contribution in [2.45, 2.75) is 45.1 Å². The first-order chi connectivity index (χ1) is 11.1. The highest BCUT2D eigenvalue weighted by Gasteiger charge is 2.37. The quantitative estimate of drug-likeness (QED) is 0.899. The Balaban J connectivity index is 1.47. The smallest absolute Gasteiger partial charge is 0.335 e. The van der Waals surface area contributed by atoms with E-state index in [1.807, 2.05) is 4.90 Å². The van der Waals surface area contributed by atoms with E-state index in [-0.39, 0.29) is 11.6 Å². The summed E-state index contributed by atoms with van der Waals surface area (Å²) in [6.07, 6.45) is 7.62. The molecule has 5 heteroatoms. The summed E-state index contributed by atoms with van der Waals surface area (Å²) in [6.45, 7) is 2.13. The Morgan fingerprint density at radius 1 is 1.04 bits per heavy atom. The number of piperidine rings is 1. The Hall–Kier alpha value is -2.04. The first-order valence-corrected chi connectivity index (χ1v) is 8.43. The van der Waals surface area contributed by atoms with Gasteiger partial charge in [-0.2, -0.15) is 0 Å². The number of hydrogen-bond acceptors (Lipinski definition) is 2. The lowest BCUT2D eigenvalue weighted by Gasteiger charge is -2.39. The molecule has 0 aromatic heterocycles. The largest absolute Gasteiger partial charge is 0.478 e. The van der Waals surface area contributed by atoms with Crippen LogP contribution < -0.4 is 5.32 Å². The molecule has 1 saturated heterocycles. The Bertz CT molecular complexity index is 566. The molecular formula is C18H24N2O3. The summed E-state index contributed by atoms with van der Waals surface area (Å²) in [6, 6.07) is 6.60. The third-order valence-electron chi connectivity index (χ3n) is 5.42. The van der Waals surface area contributed by atoms with Gasteiger partial charge in [0.05, 0.1) is 5.56 Å². The molecule has 0 unspecified atom stereocenters. The molecule has 23 heavy (non-hydrogen) atoms. The maximum absolute atomic E-state index is 12.3. The van der Waals surface area contributed by atoms with Crippen LogP contribution in [0.25, 0.3) is 0 Å². The summed E-state index contributed by atoms with van der Waals surface area (Å²) in [7, 11) is 0. The molecule has 5 nitrogen and oxygen atoms in total. The van der Waals surface area contributed by atoms with E-state index in [9.17, 15) is 9.59 Å². The van der Waals surface area contributed by atoms with E-state index in [4.69, 9.17) is 5.11 Å². The van der Waals surface area contributed by atoms with Gasteiger partial charge in [-0.05, 0) is 48.8 Å². The zero-order valence-electron chi connectivity index (χ0n) is 13.4. The molecule has 0 radical (unpaired) electrons. The minimum absolute atomic E-state index is 0.0137. The van der Waals surface area contributed by atoms with E-state index in [1.165, 1.54) is 25.7 Å². The number of hydrogen-bond donors (Lipinski definition) is 2. The predicted molar refractivity (Wildman–Crippen MR) is 87.3 cm³/mol. The second-order valence-corrected chi connectivity index (χ2v) is 6.85. The lowest BCUT2D eigenvalue weighted by molar-refractivity contribution is 0.0696.